The molecule has 200 valence electrons. The van der Waals surface area contributed by atoms with Gasteiger partial charge in [0.1, 0.15) is 6.17 Å². The Bertz CT molecular complexity index is 611. The summed E-state index contributed by atoms with van der Waals surface area (Å²) in [5, 5.41) is 0. The Hall–Kier alpha value is -1.44. The van der Waals surface area contributed by atoms with Gasteiger partial charge in [-0.25, -0.2) is 0 Å². The summed E-state index contributed by atoms with van der Waals surface area (Å²) in [5.74, 6) is 0. The van der Waals surface area contributed by atoms with Crippen LogP contribution in [0.4, 0.5) is 0 Å². The zero-order valence-corrected chi connectivity index (χ0v) is 23.6. The van der Waals surface area contributed by atoms with Gasteiger partial charge in [0, 0.05) is 25.5 Å². The lowest BCUT2D eigenvalue weighted by molar-refractivity contribution is 0.133. The smallest absolute Gasteiger partial charge is 0.101 e. The van der Waals surface area contributed by atoms with Crippen LogP contribution in [-0.2, 0) is 6.54 Å². The Balaban J connectivity index is 1.43. The summed E-state index contributed by atoms with van der Waals surface area (Å²) in [6.07, 6.45) is 33.6. The molecule has 1 unspecified atom stereocenters. The molecule has 0 radical (unpaired) electrons. The Morgan fingerprint density at radius 3 is 1.49 bits per heavy atom. The molecule has 2 heteroatoms. The van der Waals surface area contributed by atoms with Crippen LogP contribution in [0.2, 0.25) is 0 Å². The van der Waals surface area contributed by atoms with E-state index in [0.29, 0.717) is 6.17 Å². The molecule has 1 atom stereocenters. The van der Waals surface area contributed by atoms with E-state index in [2.05, 4.69) is 66.4 Å². The average Bonchev–Trinajstić information content (AvgIpc) is 3.26. The molecule has 1 aliphatic rings. The van der Waals surface area contributed by atoms with Crippen LogP contribution < -0.4 is 0 Å². The minimum absolute atomic E-state index is 0.552. The van der Waals surface area contributed by atoms with Gasteiger partial charge in [0.05, 0.1) is 0 Å². The third-order valence-electron chi connectivity index (χ3n) is 7.76. The molecule has 2 nitrogen and oxygen atoms in total. The third-order valence-corrected chi connectivity index (χ3v) is 7.76. The fraction of sp³-hybridized carbons (Fsp3) is 0.758. The van der Waals surface area contributed by atoms with Crippen molar-refractivity contribution in [1.29, 1.82) is 0 Å². The Kier molecular flexibility index (Phi) is 17.6. The second-order valence-electron chi connectivity index (χ2n) is 11.0. The maximum Gasteiger partial charge on any atom is 0.101 e. The highest BCUT2D eigenvalue weighted by atomic mass is 15.4. The van der Waals surface area contributed by atoms with E-state index < -0.39 is 0 Å². The van der Waals surface area contributed by atoms with Gasteiger partial charge in [-0.2, -0.15) is 0 Å². The fourth-order valence-corrected chi connectivity index (χ4v) is 5.47. The topological polar surface area (TPSA) is 6.48 Å². The highest BCUT2D eigenvalue weighted by Crippen LogP contribution is 2.24. The van der Waals surface area contributed by atoms with Crippen LogP contribution in [0.25, 0.3) is 0 Å². The molecule has 1 aromatic carbocycles. The minimum atomic E-state index is 0.552. The van der Waals surface area contributed by atoms with Gasteiger partial charge in [0.2, 0.25) is 0 Å². The summed E-state index contributed by atoms with van der Waals surface area (Å²) in [6, 6.07) is 10.9. The van der Waals surface area contributed by atoms with Crippen LogP contribution in [0.1, 0.15) is 148 Å². The summed E-state index contributed by atoms with van der Waals surface area (Å²) in [6.45, 7) is 6.86. The predicted molar refractivity (Wildman–Crippen MR) is 155 cm³/mol. The molecule has 0 saturated carbocycles. The third kappa shape index (κ3) is 14.0. The first kappa shape index (κ1) is 29.8. The van der Waals surface area contributed by atoms with Crippen LogP contribution >= 0.6 is 0 Å². The van der Waals surface area contributed by atoms with Gasteiger partial charge in [0.25, 0.3) is 0 Å². The summed E-state index contributed by atoms with van der Waals surface area (Å²) in [7, 11) is 0. The maximum atomic E-state index is 2.61. The molecule has 0 spiro atoms. The second kappa shape index (κ2) is 20.7. The highest BCUT2D eigenvalue weighted by Gasteiger charge is 2.25. The number of benzene rings is 1. The lowest BCUT2D eigenvalue weighted by atomic mass is 10.0. The van der Waals surface area contributed by atoms with Gasteiger partial charge in [-0.1, -0.05) is 153 Å². The van der Waals surface area contributed by atoms with Crippen molar-refractivity contribution in [3.05, 3.63) is 48.3 Å². The number of rotatable bonds is 23. The van der Waals surface area contributed by atoms with Crippen molar-refractivity contribution < 1.29 is 0 Å². The monoisotopic (exact) mass is 482 g/mol. The van der Waals surface area contributed by atoms with Gasteiger partial charge < -0.3 is 9.80 Å². The van der Waals surface area contributed by atoms with Crippen molar-refractivity contribution in [2.75, 3.05) is 6.54 Å². The van der Waals surface area contributed by atoms with Crippen LogP contribution in [-0.4, -0.2) is 22.5 Å². The van der Waals surface area contributed by atoms with Crippen molar-refractivity contribution in [2.45, 2.75) is 155 Å². The van der Waals surface area contributed by atoms with Crippen molar-refractivity contribution >= 4 is 0 Å². The van der Waals surface area contributed by atoms with Crippen molar-refractivity contribution in [3.8, 4) is 0 Å². The summed E-state index contributed by atoms with van der Waals surface area (Å²) >= 11 is 0. The molecule has 0 N–H and O–H groups in total. The van der Waals surface area contributed by atoms with Gasteiger partial charge in [-0.05, 0) is 24.8 Å². The Morgan fingerprint density at radius 1 is 0.514 bits per heavy atom. The van der Waals surface area contributed by atoms with Gasteiger partial charge in [-0.15, -0.1) is 0 Å². The zero-order valence-electron chi connectivity index (χ0n) is 23.6. The zero-order chi connectivity index (χ0) is 24.8. The van der Waals surface area contributed by atoms with E-state index in [1.54, 1.807) is 0 Å². The van der Waals surface area contributed by atoms with Crippen molar-refractivity contribution in [3.63, 3.8) is 0 Å². The van der Waals surface area contributed by atoms with Gasteiger partial charge in [-0.3, -0.25) is 0 Å². The number of hydrogen-bond donors (Lipinski definition) is 0. The largest absolute Gasteiger partial charge is 0.356 e. The van der Waals surface area contributed by atoms with E-state index in [0.717, 1.165) is 6.54 Å². The normalized spacial score (nSPS) is 15.4. The van der Waals surface area contributed by atoms with Crippen LogP contribution in [0.3, 0.4) is 0 Å². The molecule has 35 heavy (non-hydrogen) atoms. The number of hydrogen-bond acceptors (Lipinski definition) is 2. The summed E-state index contributed by atoms with van der Waals surface area (Å²) < 4.78 is 0. The highest BCUT2D eigenvalue weighted by molar-refractivity contribution is 5.15. The van der Waals surface area contributed by atoms with E-state index in [9.17, 15) is 0 Å². The van der Waals surface area contributed by atoms with E-state index in [1.165, 1.54) is 141 Å². The van der Waals surface area contributed by atoms with Crippen LogP contribution in [0.15, 0.2) is 42.7 Å². The molecular weight excluding hydrogens is 424 g/mol. The molecule has 0 fully saturated rings. The summed E-state index contributed by atoms with van der Waals surface area (Å²) in [5.41, 5.74) is 1.42. The molecule has 0 saturated heterocycles. The fourth-order valence-electron chi connectivity index (χ4n) is 5.47. The first-order chi connectivity index (χ1) is 17.3. The van der Waals surface area contributed by atoms with Crippen LogP contribution in [0.5, 0.6) is 0 Å². The molecule has 0 aliphatic carbocycles. The first-order valence-electron chi connectivity index (χ1n) is 15.6. The molecule has 0 amide bonds. The van der Waals surface area contributed by atoms with Gasteiger partial charge in [0.15, 0.2) is 0 Å². The lowest BCUT2D eigenvalue weighted by Crippen LogP contribution is -2.38. The second-order valence-corrected chi connectivity index (χ2v) is 11.0. The molecule has 1 aliphatic heterocycles. The molecule has 1 heterocycles. The van der Waals surface area contributed by atoms with Gasteiger partial charge >= 0.3 is 0 Å². The molecule has 0 bridgehead atoms. The van der Waals surface area contributed by atoms with E-state index in [1.807, 2.05) is 0 Å². The summed E-state index contributed by atoms with van der Waals surface area (Å²) in [4.78, 5) is 5.17. The molecular formula is C33H58N2. The molecule has 2 rings (SSSR count). The predicted octanol–water partition coefficient (Wildman–Crippen LogP) is 10.4. The van der Waals surface area contributed by atoms with E-state index in [4.69, 9.17) is 0 Å². The number of nitrogens with zero attached hydrogens (tertiary/aromatic N) is 2. The van der Waals surface area contributed by atoms with E-state index in [-0.39, 0.29) is 0 Å². The van der Waals surface area contributed by atoms with Crippen LogP contribution in [0, 0.1) is 0 Å². The molecule has 0 aromatic heterocycles. The van der Waals surface area contributed by atoms with E-state index >= 15 is 0 Å². The van der Waals surface area contributed by atoms with Crippen molar-refractivity contribution in [2.24, 2.45) is 0 Å². The average molecular weight is 483 g/mol. The Morgan fingerprint density at radius 2 is 0.971 bits per heavy atom. The lowest BCUT2D eigenvalue weighted by Gasteiger charge is -2.33. The minimum Gasteiger partial charge on any atom is -0.356 e. The quantitative estimate of drug-likeness (QED) is 0.143. The SMILES string of the molecule is CCCCCCCCCCCCCCCCCCCN1C=CN(Cc2ccccc2)C1CCCC. The molecule has 1 aromatic rings. The number of unbranched alkanes of at least 4 members (excludes halogenated alkanes) is 17. The van der Waals surface area contributed by atoms with Crippen molar-refractivity contribution in [1.82, 2.24) is 9.80 Å². The maximum absolute atomic E-state index is 2.61. The standard InChI is InChI=1S/C33H58N2/c1-3-5-7-8-9-10-11-12-13-14-15-16-17-18-19-20-24-28-34-29-30-35(33(34)27-6-4-2)31-32-25-22-21-23-26-32/h21-23,25-26,29-30,33H,3-20,24,27-28,31H2,1-2H3. The first-order valence-corrected chi connectivity index (χ1v) is 15.6. The Labute approximate surface area is 219 Å².